The van der Waals surface area contributed by atoms with Crippen molar-refractivity contribution in [1.29, 1.82) is 0 Å². The van der Waals surface area contributed by atoms with E-state index in [2.05, 4.69) is 10.6 Å². The maximum absolute atomic E-state index is 12.2. The van der Waals surface area contributed by atoms with Gasteiger partial charge in [-0.2, -0.15) is 0 Å². The van der Waals surface area contributed by atoms with Crippen LogP contribution in [0.2, 0.25) is 5.02 Å². The predicted molar refractivity (Wildman–Crippen MR) is 81.6 cm³/mol. The van der Waals surface area contributed by atoms with Crippen LogP contribution in [0.15, 0.2) is 18.2 Å². The van der Waals surface area contributed by atoms with Crippen LogP contribution in [0, 0.1) is 5.92 Å². The first-order chi connectivity index (χ1) is 9.99. The molecule has 1 aliphatic rings. The summed E-state index contributed by atoms with van der Waals surface area (Å²) in [6, 6.07) is 5.14. The SMILES string of the molecule is CCC(C)NC(=O)CC1COc2ccc(Cl)cc2NC1=O. The Bertz CT molecular complexity index is 548. The van der Waals surface area contributed by atoms with Crippen molar-refractivity contribution < 1.29 is 14.3 Å². The molecule has 0 spiro atoms. The van der Waals surface area contributed by atoms with Crippen molar-refractivity contribution in [3.63, 3.8) is 0 Å². The number of rotatable bonds is 4. The number of amides is 2. The Labute approximate surface area is 129 Å². The molecule has 2 unspecified atom stereocenters. The second kappa shape index (κ2) is 6.80. The molecule has 0 radical (unpaired) electrons. The summed E-state index contributed by atoms with van der Waals surface area (Å²) in [7, 11) is 0. The van der Waals surface area contributed by atoms with Gasteiger partial charge in [-0.1, -0.05) is 18.5 Å². The van der Waals surface area contributed by atoms with Crippen LogP contribution in [0.5, 0.6) is 5.75 Å². The van der Waals surface area contributed by atoms with Gasteiger partial charge in [0.1, 0.15) is 12.4 Å². The highest BCUT2D eigenvalue weighted by molar-refractivity contribution is 6.31. The molecule has 6 heteroatoms. The van der Waals surface area contributed by atoms with E-state index in [-0.39, 0.29) is 30.9 Å². The maximum atomic E-state index is 12.2. The van der Waals surface area contributed by atoms with E-state index < -0.39 is 5.92 Å². The largest absolute Gasteiger partial charge is 0.491 e. The number of nitrogens with one attached hydrogen (secondary N) is 2. The Morgan fingerprint density at radius 2 is 2.33 bits per heavy atom. The van der Waals surface area contributed by atoms with E-state index in [1.54, 1.807) is 18.2 Å². The van der Waals surface area contributed by atoms with Crippen LogP contribution >= 0.6 is 11.6 Å². The van der Waals surface area contributed by atoms with E-state index in [1.807, 2.05) is 13.8 Å². The van der Waals surface area contributed by atoms with Crippen molar-refractivity contribution in [2.45, 2.75) is 32.7 Å². The first kappa shape index (κ1) is 15.6. The van der Waals surface area contributed by atoms with Crippen molar-refractivity contribution in [3.05, 3.63) is 23.2 Å². The standard InChI is InChI=1S/C15H19ClN2O3/c1-3-9(2)17-14(19)6-10-8-21-13-5-4-11(16)7-12(13)18-15(10)20/h4-5,7,9-10H,3,6,8H2,1-2H3,(H,17,19)(H,18,20). The minimum atomic E-state index is -0.514. The van der Waals surface area contributed by atoms with Crippen LogP contribution in [-0.2, 0) is 9.59 Å². The summed E-state index contributed by atoms with van der Waals surface area (Å²) in [5.41, 5.74) is 0.539. The Morgan fingerprint density at radius 3 is 3.05 bits per heavy atom. The third-order valence-corrected chi connectivity index (χ3v) is 3.70. The predicted octanol–water partition coefficient (Wildman–Crippen LogP) is 2.59. The smallest absolute Gasteiger partial charge is 0.231 e. The van der Waals surface area contributed by atoms with Gasteiger partial charge in [0.05, 0.1) is 11.6 Å². The molecule has 0 saturated heterocycles. The molecule has 2 rings (SSSR count). The van der Waals surface area contributed by atoms with Gasteiger partial charge in [-0.3, -0.25) is 9.59 Å². The van der Waals surface area contributed by atoms with Crippen LogP contribution in [0.3, 0.4) is 0 Å². The van der Waals surface area contributed by atoms with Gasteiger partial charge in [0.25, 0.3) is 0 Å². The van der Waals surface area contributed by atoms with E-state index in [9.17, 15) is 9.59 Å². The summed E-state index contributed by atoms with van der Waals surface area (Å²) < 4.78 is 5.60. The molecule has 1 aromatic rings. The van der Waals surface area contributed by atoms with E-state index in [1.165, 1.54) is 0 Å². The van der Waals surface area contributed by atoms with Crippen LogP contribution < -0.4 is 15.4 Å². The lowest BCUT2D eigenvalue weighted by Crippen LogP contribution is -2.36. The van der Waals surface area contributed by atoms with Crippen LogP contribution in [0.4, 0.5) is 5.69 Å². The molecule has 0 saturated carbocycles. The molecule has 1 aliphatic heterocycles. The van der Waals surface area contributed by atoms with E-state index in [0.717, 1.165) is 6.42 Å². The Hall–Kier alpha value is -1.75. The van der Waals surface area contributed by atoms with Gasteiger partial charge in [-0.15, -0.1) is 0 Å². The molecule has 2 atom stereocenters. The maximum Gasteiger partial charge on any atom is 0.231 e. The van der Waals surface area contributed by atoms with Crippen molar-refractivity contribution in [1.82, 2.24) is 5.32 Å². The third-order valence-electron chi connectivity index (χ3n) is 3.46. The van der Waals surface area contributed by atoms with Gasteiger partial charge in [-0.25, -0.2) is 0 Å². The number of carbonyl (C=O) groups excluding carboxylic acids is 2. The second-order valence-corrected chi connectivity index (χ2v) is 5.66. The number of carbonyl (C=O) groups is 2. The van der Waals surface area contributed by atoms with Crippen LogP contribution in [0.25, 0.3) is 0 Å². The fourth-order valence-electron chi connectivity index (χ4n) is 2.04. The monoisotopic (exact) mass is 310 g/mol. The summed E-state index contributed by atoms with van der Waals surface area (Å²) in [6.07, 6.45) is 0.959. The molecule has 5 nitrogen and oxygen atoms in total. The normalized spacial score (nSPS) is 18.8. The molecule has 114 valence electrons. The topological polar surface area (TPSA) is 67.4 Å². The van der Waals surface area contributed by atoms with Crippen LogP contribution in [0.1, 0.15) is 26.7 Å². The Kier molecular flexibility index (Phi) is 5.07. The van der Waals surface area contributed by atoms with Gasteiger partial charge in [0.2, 0.25) is 11.8 Å². The molecule has 2 amide bonds. The highest BCUT2D eigenvalue weighted by atomic mass is 35.5. The number of halogens is 1. The molecule has 0 aliphatic carbocycles. The van der Waals surface area contributed by atoms with Gasteiger partial charge in [0.15, 0.2) is 0 Å². The molecular formula is C15H19ClN2O3. The lowest BCUT2D eigenvalue weighted by molar-refractivity contribution is -0.128. The van der Waals surface area contributed by atoms with E-state index in [4.69, 9.17) is 16.3 Å². The minimum absolute atomic E-state index is 0.100. The van der Waals surface area contributed by atoms with Crippen molar-refractivity contribution in [2.24, 2.45) is 5.92 Å². The van der Waals surface area contributed by atoms with Crippen molar-refractivity contribution in [2.75, 3.05) is 11.9 Å². The third kappa shape index (κ3) is 4.11. The molecule has 0 bridgehead atoms. The fourth-order valence-corrected chi connectivity index (χ4v) is 2.21. The molecule has 2 N–H and O–H groups in total. The highest BCUT2D eigenvalue weighted by Crippen LogP contribution is 2.31. The summed E-state index contributed by atoms with van der Waals surface area (Å²) in [5, 5.41) is 6.13. The van der Waals surface area contributed by atoms with E-state index in [0.29, 0.717) is 16.5 Å². The summed E-state index contributed by atoms with van der Waals surface area (Å²) >= 11 is 5.90. The first-order valence-corrected chi connectivity index (χ1v) is 7.40. The lowest BCUT2D eigenvalue weighted by Gasteiger charge is -2.15. The van der Waals surface area contributed by atoms with Crippen LogP contribution in [-0.4, -0.2) is 24.5 Å². The van der Waals surface area contributed by atoms with Gasteiger partial charge in [-0.05, 0) is 31.5 Å². The lowest BCUT2D eigenvalue weighted by atomic mass is 10.0. The number of benzene rings is 1. The second-order valence-electron chi connectivity index (χ2n) is 5.22. The number of hydrogen-bond acceptors (Lipinski definition) is 3. The van der Waals surface area contributed by atoms with E-state index >= 15 is 0 Å². The van der Waals surface area contributed by atoms with Crippen molar-refractivity contribution >= 4 is 29.1 Å². The molecule has 0 fully saturated rings. The minimum Gasteiger partial charge on any atom is -0.491 e. The van der Waals surface area contributed by atoms with Gasteiger partial charge >= 0.3 is 0 Å². The Morgan fingerprint density at radius 1 is 1.57 bits per heavy atom. The first-order valence-electron chi connectivity index (χ1n) is 7.02. The zero-order valence-electron chi connectivity index (χ0n) is 12.1. The zero-order valence-corrected chi connectivity index (χ0v) is 12.9. The average Bonchev–Trinajstić information content (AvgIpc) is 2.58. The number of ether oxygens (including phenoxy) is 1. The number of anilines is 1. The quantitative estimate of drug-likeness (QED) is 0.898. The summed E-state index contributed by atoms with van der Waals surface area (Å²) in [6.45, 7) is 4.10. The molecule has 1 aromatic carbocycles. The average molecular weight is 311 g/mol. The summed E-state index contributed by atoms with van der Waals surface area (Å²) in [5.74, 6) is -0.315. The summed E-state index contributed by atoms with van der Waals surface area (Å²) in [4.78, 5) is 24.1. The molecule has 21 heavy (non-hydrogen) atoms. The molecule has 1 heterocycles. The number of hydrogen-bond donors (Lipinski definition) is 2. The highest BCUT2D eigenvalue weighted by Gasteiger charge is 2.27. The number of fused-ring (bicyclic) bond motifs is 1. The fraction of sp³-hybridized carbons (Fsp3) is 0.467. The Balaban J connectivity index is 2.02. The van der Waals surface area contributed by atoms with Gasteiger partial charge in [0, 0.05) is 17.5 Å². The molecule has 0 aromatic heterocycles. The zero-order chi connectivity index (χ0) is 15.4. The van der Waals surface area contributed by atoms with Crippen molar-refractivity contribution in [3.8, 4) is 5.75 Å². The van der Waals surface area contributed by atoms with Gasteiger partial charge < -0.3 is 15.4 Å². The molecular weight excluding hydrogens is 292 g/mol.